The predicted molar refractivity (Wildman–Crippen MR) is 104 cm³/mol. The van der Waals surface area contributed by atoms with E-state index in [1.807, 2.05) is 51.2 Å². The number of carbonyl (C=O) groups excluding carboxylic acids is 1. The third kappa shape index (κ3) is 4.14. The molecule has 0 radical (unpaired) electrons. The number of amides is 1. The largest absolute Gasteiger partial charge is 0.468 e. The number of hydrogen-bond donors (Lipinski definition) is 1. The van der Waals surface area contributed by atoms with E-state index in [0.29, 0.717) is 17.5 Å². The zero-order valence-electron chi connectivity index (χ0n) is 16.2. The van der Waals surface area contributed by atoms with Crippen molar-refractivity contribution < 1.29 is 9.21 Å². The molecular formula is C18H24N6O2S. The molecule has 3 aromatic rings. The standard InChI is InChI=1S/C18H24N6O2S/c1-11-13(12(2)24-17(20-11)21-18(22-24)27-5)9-16(25)19-10-14(23(3)4)15-7-6-8-26-15/h6-8,14H,9-10H2,1-5H3,(H,19,25). The van der Waals surface area contributed by atoms with Crippen molar-refractivity contribution >= 4 is 23.4 Å². The van der Waals surface area contributed by atoms with Crippen molar-refractivity contribution in [3.8, 4) is 0 Å². The van der Waals surface area contributed by atoms with Gasteiger partial charge in [-0.1, -0.05) is 11.8 Å². The third-order valence-electron chi connectivity index (χ3n) is 4.54. The molecule has 1 atom stereocenters. The Balaban J connectivity index is 1.74. The summed E-state index contributed by atoms with van der Waals surface area (Å²) in [6.07, 6.45) is 3.81. The maximum absolute atomic E-state index is 12.6. The van der Waals surface area contributed by atoms with Crippen LogP contribution in [0, 0.1) is 13.8 Å². The second-order valence-corrected chi connectivity index (χ2v) is 7.32. The monoisotopic (exact) mass is 388 g/mol. The van der Waals surface area contributed by atoms with Crippen molar-refractivity contribution in [2.24, 2.45) is 0 Å². The summed E-state index contributed by atoms with van der Waals surface area (Å²) >= 11 is 1.47. The van der Waals surface area contributed by atoms with E-state index in [9.17, 15) is 4.79 Å². The lowest BCUT2D eigenvalue weighted by atomic mass is 10.1. The molecule has 0 fully saturated rings. The molecule has 0 aliphatic rings. The van der Waals surface area contributed by atoms with E-state index in [2.05, 4.69) is 20.4 Å². The highest BCUT2D eigenvalue weighted by Gasteiger charge is 2.20. The predicted octanol–water partition coefficient (Wildman–Crippen LogP) is 2.02. The number of nitrogens with one attached hydrogen (secondary N) is 1. The minimum Gasteiger partial charge on any atom is -0.468 e. The first-order valence-corrected chi connectivity index (χ1v) is 9.86. The van der Waals surface area contributed by atoms with Crippen molar-refractivity contribution in [3.63, 3.8) is 0 Å². The molecule has 3 rings (SSSR count). The highest BCUT2D eigenvalue weighted by atomic mass is 32.2. The first kappa shape index (κ1) is 19.4. The minimum atomic E-state index is -0.0639. The zero-order valence-corrected chi connectivity index (χ0v) is 17.0. The molecule has 0 spiro atoms. The highest BCUT2D eigenvalue weighted by Crippen LogP contribution is 2.19. The molecule has 0 saturated heterocycles. The average molecular weight is 388 g/mol. The smallest absolute Gasteiger partial charge is 0.253 e. The van der Waals surface area contributed by atoms with Crippen molar-refractivity contribution in [3.05, 3.63) is 41.1 Å². The maximum Gasteiger partial charge on any atom is 0.253 e. The first-order valence-electron chi connectivity index (χ1n) is 8.64. The van der Waals surface area contributed by atoms with Gasteiger partial charge in [0.05, 0.1) is 18.7 Å². The van der Waals surface area contributed by atoms with Crippen LogP contribution in [0.1, 0.15) is 28.8 Å². The van der Waals surface area contributed by atoms with Gasteiger partial charge in [-0.05, 0) is 46.3 Å². The fourth-order valence-electron chi connectivity index (χ4n) is 2.98. The number of likely N-dealkylation sites (N-methyl/N-ethyl adjacent to an activating group) is 1. The van der Waals surface area contributed by atoms with Crippen LogP contribution in [0.2, 0.25) is 0 Å². The molecule has 1 amide bonds. The fourth-order valence-corrected chi connectivity index (χ4v) is 3.32. The second kappa shape index (κ2) is 8.10. The minimum absolute atomic E-state index is 0.0220. The molecule has 0 bridgehead atoms. The van der Waals surface area contributed by atoms with Gasteiger partial charge in [-0.3, -0.25) is 9.69 Å². The fraction of sp³-hybridized carbons (Fsp3) is 0.444. The Bertz CT molecular complexity index is 935. The Morgan fingerprint density at radius 3 is 2.78 bits per heavy atom. The first-order chi connectivity index (χ1) is 12.9. The van der Waals surface area contributed by atoms with Crippen LogP contribution >= 0.6 is 11.8 Å². The Kier molecular flexibility index (Phi) is 5.81. The van der Waals surface area contributed by atoms with Crippen LogP contribution in [0.4, 0.5) is 0 Å². The van der Waals surface area contributed by atoms with Crippen LogP contribution < -0.4 is 5.32 Å². The molecule has 27 heavy (non-hydrogen) atoms. The van der Waals surface area contributed by atoms with Gasteiger partial charge in [-0.15, -0.1) is 5.10 Å². The van der Waals surface area contributed by atoms with Gasteiger partial charge >= 0.3 is 0 Å². The van der Waals surface area contributed by atoms with E-state index < -0.39 is 0 Å². The van der Waals surface area contributed by atoms with Gasteiger partial charge in [0, 0.05) is 23.5 Å². The lowest BCUT2D eigenvalue weighted by Crippen LogP contribution is -2.35. The summed E-state index contributed by atoms with van der Waals surface area (Å²) in [7, 11) is 3.92. The number of fused-ring (bicyclic) bond motifs is 1. The van der Waals surface area contributed by atoms with Crippen molar-refractivity contribution in [2.45, 2.75) is 31.5 Å². The lowest BCUT2D eigenvalue weighted by Gasteiger charge is -2.22. The molecule has 9 heteroatoms. The van der Waals surface area contributed by atoms with Gasteiger partial charge in [-0.2, -0.15) is 4.98 Å². The van der Waals surface area contributed by atoms with Crippen LogP contribution in [0.5, 0.6) is 0 Å². The van der Waals surface area contributed by atoms with Gasteiger partial charge in [0.25, 0.3) is 5.78 Å². The van der Waals surface area contributed by atoms with Crippen LogP contribution in [0.15, 0.2) is 28.0 Å². The SMILES string of the molecule is CSc1nc2nc(C)c(CC(=O)NCC(c3ccco3)N(C)C)c(C)n2n1. The van der Waals surface area contributed by atoms with Crippen LogP contribution in [-0.2, 0) is 11.2 Å². The van der Waals surface area contributed by atoms with E-state index >= 15 is 0 Å². The summed E-state index contributed by atoms with van der Waals surface area (Å²) in [4.78, 5) is 23.5. The molecule has 0 aliphatic carbocycles. The number of nitrogens with zero attached hydrogens (tertiary/aromatic N) is 5. The Morgan fingerprint density at radius 1 is 1.37 bits per heavy atom. The van der Waals surface area contributed by atoms with E-state index in [1.165, 1.54) is 11.8 Å². The van der Waals surface area contributed by atoms with Gasteiger partial charge in [0.1, 0.15) is 5.76 Å². The summed E-state index contributed by atoms with van der Waals surface area (Å²) in [6, 6.07) is 3.74. The number of furan rings is 1. The zero-order chi connectivity index (χ0) is 19.6. The number of carbonyl (C=O) groups is 1. The molecule has 144 valence electrons. The van der Waals surface area contributed by atoms with Crippen LogP contribution in [0.25, 0.3) is 5.78 Å². The van der Waals surface area contributed by atoms with Gasteiger partial charge < -0.3 is 9.73 Å². The number of aryl methyl sites for hydroxylation is 2. The number of aromatic nitrogens is 4. The number of thioether (sulfide) groups is 1. The van der Waals surface area contributed by atoms with E-state index in [-0.39, 0.29) is 18.4 Å². The number of hydrogen-bond acceptors (Lipinski definition) is 7. The topological polar surface area (TPSA) is 88.6 Å². The summed E-state index contributed by atoms with van der Waals surface area (Å²) in [5.41, 5.74) is 2.55. The molecule has 8 nitrogen and oxygen atoms in total. The Labute approximate surface area is 162 Å². The van der Waals surface area contributed by atoms with E-state index in [0.717, 1.165) is 22.7 Å². The summed E-state index contributed by atoms with van der Waals surface area (Å²) < 4.78 is 7.18. The van der Waals surface area contributed by atoms with Gasteiger partial charge in [0.15, 0.2) is 0 Å². The van der Waals surface area contributed by atoms with Crippen molar-refractivity contribution in [2.75, 3.05) is 26.9 Å². The molecular weight excluding hydrogens is 364 g/mol. The molecule has 1 N–H and O–H groups in total. The lowest BCUT2D eigenvalue weighted by molar-refractivity contribution is -0.120. The quantitative estimate of drug-likeness (QED) is 0.620. The molecule has 1 unspecified atom stereocenters. The summed E-state index contributed by atoms with van der Waals surface area (Å²) in [6.45, 7) is 4.30. The molecule has 3 heterocycles. The third-order valence-corrected chi connectivity index (χ3v) is 5.08. The molecule has 0 aromatic carbocycles. The van der Waals surface area contributed by atoms with Crippen molar-refractivity contribution in [1.29, 1.82) is 0 Å². The normalized spacial score (nSPS) is 12.7. The van der Waals surface area contributed by atoms with Crippen LogP contribution in [-0.4, -0.2) is 57.3 Å². The van der Waals surface area contributed by atoms with Gasteiger partial charge in [-0.25, -0.2) is 9.50 Å². The number of rotatable bonds is 7. The van der Waals surface area contributed by atoms with Crippen LogP contribution in [0.3, 0.4) is 0 Å². The van der Waals surface area contributed by atoms with Gasteiger partial charge in [0.2, 0.25) is 11.1 Å². The molecule has 3 aromatic heterocycles. The summed E-state index contributed by atoms with van der Waals surface area (Å²) in [5.74, 6) is 1.32. The molecule has 0 aliphatic heterocycles. The Hall–Kier alpha value is -2.39. The van der Waals surface area contributed by atoms with Crippen molar-refractivity contribution in [1.82, 2.24) is 29.8 Å². The average Bonchev–Trinajstić information content (AvgIpc) is 3.28. The maximum atomic E-state index is 12.6. The second-order valence-electron chi connectivity index (χ2n) is 6.55. The highest BCUT2D eigenvalue weighted by molar-refractivity contribution is 7.98. The van der Waals surface area contributed by atoms with E-state index in [4.69, 9.17) is 4.42 Å². The van der Waals surface area contributed by atoms with E-state index in [1.54, 1.807) is 10.8 Å². The molecule has 0 saturated carbocycles. The summed E-state index contributed by atoms with van der Waals surface area (Å²) in [5, 5.41) is 8.09. The Morgan fingerprint density at radius 2 is 2.15 bits per heavy atom.